The van der Waals surface area contributed by atoms with Crippen LogP contribution in [0.5, 0.6) is 0 Å². The van der Waals surface area contributed by atoms with Crippen LogP contribution in [0.3, 0.4) is 0 Å². The first-order valence-corrected chi connectivity index (χ1v) is 8.40. The SMILES string of the molecule is COC(=O)CCCNC(=O)COC(=O)c1sc2ccccc2c1Cl. The Morgan fingerprint density at radius 3 is 2.71 bits per heavy atom. The van der Waals surface area contributed by atoms with Crippen LogP contribution in [0.2, 0.25) is 5.02 Å². The molecule has 0 saturated heterocycles. The molecule has 0 saturated carbocycles. The van der Waals surface area contributed by atoms with Gasteiger partial charge in [-0.3, -0.25) is 9.59 Å². The first-order valence-electron chi connectivity index (χ1n) is 7.20. The van der Waals surface area contributed by atoms with Gasteiger partial charge in [-0.05, 0) is 12.5 Å². The Bertz CT molecular complexity index is 758. The van der Waals surface area contributed by atoms with E-state index in [1.165, 1.54) is 18.4 Å². The van der Waals surface area contributed by atoms with Crippen LogP contribution in [0.4, 0.5) is 0 Å². The Balaban J connectivity index is 1.81. The highest BCUT2D eigenvalue weighted by molar-refractivity contribution is 7.21. The number of nitrogens with one attached hydrogen (secondary N) is 1. The van der Waals surface area contributed by atoms with E-state index in [0.717, 1.165) is 10.1 Å². The number of rotatable bonds is 7. The van der Waals surface area contributed by atoms with E-state index < -0.39 is 18.5 Å². The van der Waals surface area contributed by atoms with E-state index in [9.17, 15) is 14.4 Å². The van der Waals surface area contributed by atoms with E-state index in [0.29, 0.717) is 18.0 Å². The predicted octanol–water partition coefficient (Wildman–Crippen LogP) is 2.78. The van der Waals surface area contributed by atoms with E-state index in [-0.39, 0.29) is 17.3 Å². The summed E-state index contributed by atoms with van der Waals surface area (Å²) in [6.45, 7) is -0.100. The third-order valence-electron chi connectivity index (χ3n) is 3.16. The van der Waals surface area contributed by atoms with Gasteiger partial charge in [-0.1, -0.05) is 29.8 Å². The van der Waals surface area contributed by atoms with Gasteiger partial charge in [0.25, 0.3) is 5.91 Å². The van der Waals surface area contributed by atoms with Crippen molar-refractivity contribution in [3.8, 4) is 0 Å². The van der Waals surface area contributed by atoms with Crippen molar-refractivity contribution in [2.75, 3.05) is 20.3 Å². The van der Waals surface area contributed by atoms with Gasteiger partial charge in [-0.25, -0.2) is 4.79 Å². The molecule has 0 unspecified atom stereocenters. The molecule has 0 radical (unpaired) electrons. The molecule has 0 bridgehead atoms. The van der Waals surface area contributed by atoms with Crippen molar-refractivity contribution < 1.29 is 23.9 Å². The van der Waals surface area contributed by atoms with Gasteiger partial charge in [0.1, 0.15) is 4.88 Å². The Labute approximate surface area is 147 Å². The molecule has 1 heterocycles. The Morgan fingerprint density at radius 1 is 1.25 bits per heavy atom. The van der Waals surface area contributed by atoms with Crippen LogP contribution in [0.15, 0.2) is 24.3 Å². The smallest absolute Gasteiger partial charge is 0.350 e. The first kappa shape index (κ1) is 18.2. The minimum Gasteiger partial charge on any atom is -0.469 e. The van der Waals surface area contributed by atoms with E-state index >= 15 is 0 Å². The number of carbonyl (C=O) groups is 3. The second-order valence-corrected chi connectivity index (χ2v) is 6.28. The molecule has 0 atom stereocenters. The number of benzene rings is 1. The molecule has 24 heavy (non-hydrogen) atoms. The highest BCUT2D eigenvalue weighted by Gasteiger charge is 2.19. The summed E-state index contributed by atoms with van der Waals surface area (Å²) in [7, 11) is 1.31. The average molecular weight is 370 g/mol. The molecule has 6 nitrogen and oxygen atoms in total. The number of amides is 1. The monoisotopic (exact) mass is 369 g/mol. The maximum Gasteiger partial charge on any atom is 0.350 e. The first-order chi connectivity index (χ1) is 11.5. The molecule has 1 amide bonds. The summed E-state index contributed by atoms with van der Waals surface area (Å²) in [6, 6.07) is 7.36. The highest BCUT2D eigenvalue weighted by atomic mass is 35.5. The zero-order valence-corrected chi connectivity index (χ0v) is 14.5. The van der Waals surface area contributed by atoms with E-state index in [1.807, 2.05) is 24.3 Å². The number of hydrogen-bond acceptors (Lipinski definition) is 6. The van der Waals surface area contributed by atoms with Crippen molar-refractivity contribution in [1.29, 1.82) is 0 Å². The lowest BCUT2D eigenvalue weighted by Gasteiger charge is -2.05. The number of hydrogen-bond donors (Lipinski definition) is 1. The van der Waals surface area contributed by atoms with Gasteiger partial charge in [-0.15, -0.1) is 11.3 Å². The minimum atomic E-state index is -0.633. The summed E-state index contributed by atoms with van der Waals surface area (Å²) in [4.78, 5) is 34.9. The molecule has 1 N–H and O–H groups in total. The average Bonchev–Trinajstić information content (AvgIpc) is 2.93. The minimum absolute atomic E-state index is 0.216. The molecule has 128 valence electrons. The fourth-order valence-electron chi connectivity index (χ4n) is 1.96. The predicted molar refractivity (Wildman–Crippen MR) is 91.4 cm³/mol. The number of ether oxygens (including phenoxy) is 2. The fourth-order valence-corrected chi connectivity index (χ4v) is 3.36. The summed E-state index contributed by atoms with van der Waals surface area (Å²) >= 11 is 7.40. The summed E-state index contributed by atoms with van der Waals surface area (Å²) in [5, 5.41) is 3.67. The lowest BCUT2D eigenvalue weighted by Crippen LogP contribution is -2.29. The van der Waals surface area contributed by atoms with Gasteiger partial charge >= 0.3 is 11.9 Å². The zero-order valence-electron chi connectivity index (χ0n) is 13.0. The lowest BCUT2D eigenvalue weighted by molar-refractivity contribution is -0.140. The number of fused-ring (bicyclic) bond motifs is 1. The Kier molecular flexibility index (Phi) is 6.57. The maximum absolute atomic E-state index is 12.1. The van der Waals surface area contributed by atoms with Crippen LogP contribution in [0.25, 0.3) is 10.1 Å². The third kappa shape index (κ3) is 4.69. The Morgan fingerprint density at radius 2 is 2.00 bits per heavy atom. The van der Waals surface area contributed by atoms with Crippen molar-refractivity contribution in [2.45, 2.75) is 12.8 Å². The van der Waals surface area contributed by atoms with E-state index in [2.05, 4.69) is 10.1 Å². The van der Waals surface area contributed by atoms with Gasteiger partial charge < -0.3 is 14.8 Å². The van der Waals surface area contributed by atoms with Crippen LogP contribution in [0, 0.1) is 0 Å². The normalized spacial score (nSPS) is 10.4. The number of esters is 2. The van der Waals surface area contributed by atoms with Gasteiger partial charge in [0.05, 0.1) is 12.1 Å². The van der Waals surface area contributed by atoms with Crippen LogP contribution in [-0.2, 0) is 19.1 Å². The molecule has 0 aliphatic rings. The molecule has 0 aliphatic carbocycles. The lowest BCUT2D eigenvalue weighted by atomic mass is 10.2. The van der Waals surface area contributed by atoms with Crippen molar-refractivity contribution in [3.05, 3.63) is 34.2 Å². The number of methoxy groups -OCH3 is 1. The van der Waals surface area contributed by atoms with E-state index in [1.54, 1.807) is 0 Å². The standard InChI is InChI=1S/C16H16ClNO5S/c1-22-13(20)7-4-8-18-12(19)9-23-16(21)15-14(17)10-5-2-3-6-11(10)24-15/h2-3,5-6H,4,7-9H2,1H3,(H,18,19). The number of halogens is 1. The van der Waals surface area contributed by atoms with Gasteiger partial charge in [0.2, 0.25) is 0 Å². The van der Waals surface area contributed by atoms with Crippen LogP contribution in [-0.4, -0.2) is 38.1 Å². The molecule has 8 heteroatoms. The summed E-state index contributed by atoms with van der Waals surface area (Å²) in [5.74, 6) is -1.41. The number of carbonyl (C=O) groups excluding carboxylic acids is 3. The molecule has 1 aromatic carbocycles. The van der Waals surface area contributed by atoms with Gasteiger partial charge in [0, 0.05) is 23.1 Å². The van der Waals surface area contributed by atoms with Crippen LogP contribution < -0.4 is 5.32 Å². The van der Waals surface area contributed by atoms with Crippen LogP contribution in [0.1, 0.15) is 22.5 Å². The summed E-state index contributed by atoms with van der Waals surface area (Å²) in [6.07, 6.45) is 0.669. The molecule has 1 aromatic heterocycles. The van der Waals surface area contributed by atoms with Crippen LogP contribution >= 0.6 is 22.9 Å². The molecule has 2 rings (SSSR count). The number of thiophene rings is 1. The third-order valence-corrected chi connectivity index (χ3v) is 4.82. The highest BCUT2D eigenvalue weighted by Crippen LogP contribution is 2.35. The molecular weight excluding hydrogens is 354 g/mol. The Hall–Kier alpha value is -2.12. The molecular formula is C16H16ClNO5S. The maximum atomic E-state index is 12.1. The van der Waals surface area contributed by atoms with E-state index in [4.69, 9.17) is 16.3 Å². The van der Waals surface area contributed by atoms with Crippen molar-refractivity contribution in [2.24, 2.45) is 0 Å². The molecule has 0 spiro atoms. The quantitative estimate of drug-likeness (QED) is 0.599. The van der Waals surface area contributed by atoms with Crippen molar-refractivity contribution in [3.63, 3.8) is 0 Å². The second-order valence-electron chi connectivity index (χ2n) is 4.85. The van der Waals surface area contributed by atoms with Gasteiger partial charge in [0.15, 0.2) is 6.61 Å². The van der Waals surface area contributed by atoms with Crippen molar-refractivity contribution in [1.82, 2.24) is 5.32 Å². The van der Waals surface area contributed by atoms with Crippen molar-refractivity contribution >= 4 is 50.9 Å². The fraction of sp³-hybridized carbons (Fsp3) is 0.312. The topological polar surface area (TPSA) is 81.7 Å². The summed E-state index contributed by atoms with van der Waals surface area (Å²) in [5.41, 5.74) is 0. The zero-order chi connectivity index (χ0) is 17.5. The summed E-state index contributed by atoms with van der Waals surface area (Å²) < 4.78 is 10.3. The van der Waals surface area contributed by atoms with Gasteiger partial charge in [-0.2, -0.15) is 0 Å². The molecule has 2 aromatic rings. The molecule has 0 fully saturated rings. The molecule has 0 aliphatic heterocycles. The largest absolute Gasteiger partial charge is 0.469 e. The second kappa shape index (κ2) is 8.65.